The highest BCUT2D eigenvalue weighted by Gasteiger charge is 2.22. The monoisotopic (exact) mass is 227 g/mol. The molecule has 1 aliphatic heterocycles. The van der Waals surface area contributed by atoms with E-state index in [0.717, 1.165) is 19.4 Å². The summed E-state index contributed by atoms with van der Waals surface area (Å²) in [5.74, 6) is -1.53. The molecule has 0 amide bonds. The summed E-state index contributed by atoms with van der Waals surface area (Å²) in [6, 6.07) is 2.81. The largest absolute Gasteiger partial charge is 0.380 e. The fraction of sp³-hybridized carbons (Fsp3) is 0.500. The van der Waals surface area contributed by atoms with E-state index in [9.17, 15) is 8.78 Å². The number of rotatable bonds is 3. The molecule has 1 atom stereocenters. The van der Waals surface area contributed by atoms with Gasteiger partial charge in [0.25, 0.3) is 0 Å². The Labute approximate surface area is 93.6 Å². The highest BCUT2D eigenvalue weighted by Crippen LogP contribution is 2.27. The zero-order valence-corrected chi connectivity index (χ0v) is 9.22. The molecule has 1 aromatic carbocycles. The van der Waals surface area contributed by atoms with Crippen LogP contribution >= 0.6 is 0 Å². The molecule has 1 N–H and O–H groups in total. The fourth-order valence-corrected chi connectivity index (χ4v) is 2.12. The van der Waals surface area contributed by atoms with Gasteiger partial charge in [-0.2, -0.15) is 0 Å². The standard InChI is InChI=1S/C12H15F2NO/c1-16-7-8-5-9(11-3-2-4-15-11)12(14)10(13)6-8/h5-6,11,15H,2-4,7H2,1H3. The summed E-state index contributed by atoms with van der Waals surface area (Å²) in [5, 5.41) is 3.16. The van der Waals surface area contributed by atoms with E-state index >= 15 is 0 Å². The molecule has 0 bridgehead atoms. The molecule has 1 saturated heterocycles. The molecule has 1 aliphatic rings. The number of methoxy groups -OCH3 is 1. The van der Waals surface area contributed by atoms with Crippen molar-refractivity contribution in [2.45, 2.75) is 25.5 Å². The van der Waals surface area contributed by atoms with Crippen LogP contribution in [0.3, 0.4) is 0 Å². The minimum atomic E-state index is -0.793. The number of halogens is 2. The molecular weight excluding hydrogens is 212 g/mol. The van der Waals surface area contributed by atoms with Crippen molar-refractivity contribution >= 4 is 0 Å². The van der Waals surface area contributed by atoms with Crippen LogP contribution in [0.2, 0.25) is 0 Å². The number of hydrogen-bond donors (Lipinski definition) is 1. The normalized spacial score (nSPS) is 20.3. The van der Waals surface area contributed by atoms with Gasteiger partial charge in [-0.3, -0.25) is 0 Å². The summed E-state index contributed by atoms with van der Waals surface area (Å²) in [5.41, 5.74) is 1.09. The van der Waals surface area contributed by atoms with Gasteiger partial charge < -0.3 is 10.1 Å². The molecule has 4 heteroatoms. The molecule has 0 aliphatic carbocycles. The lowest BCUT2D eigenvalue weighted by atomic mass is 10.0. The Hall–Kier alpha value is -1.00. The van der Waals surface area contributed by atoms with Crippen LogP contribution in [-0.2, 0) is 11.3 Å². The highest BCUT2D eigenvalue weighted by atomic mass is 19.2. The Morgan fingerprint density at radius 1 is 1.44 bits per heavy atom. The molecule has 1 aromatic rings. The smallest absolute Gasteiger partial charge is 0.163 e. The van der Waals surface area contributed by atoms with E-state index < -0.39 is 11.6 Å². The quantitative estimate of drug-likeness (QED) is 0.856. The second-order valence-corrected chi connectivity index (χ2v) is 4.06. The van der Waals surface area contributed by atoms with Crippen molar-refractivity contribution in [1.29, 1.82) is 0 Å². The Bertz CT molecular complexity index is 376. The van der Waals surface area contributed by atoms with E-state index in [1.165, 1.54) is 13.2 Å². The van der Waals surface area contributed by atoms with Crippen LogP contribution in [0.5, 0.6) is 0 Å². The van der Waals surface area contributed by atoms with Crippen molar-refractivity contribution in [3.05, 3.63) is 34.9 Å². The predicted octanol–water partition coefficient (Wildman–Crippen LogP) is 2.54. The van der Waals surface area contributed by atoms with Crippen molar-refractivity contribution < 1.29 is 13.5 Å². The van der Waals surface area contributed by atoms with Crippen molar-refractivity contribution in [2.24, 2.45) is 0 Å². The number of ether oxygens (including phenoxy) is 1. The van der Waals surface area contributed by atoms with Crippen LogP contribution in [0.25, 0.3) is 0 Å². The third-order valence-corrected chi connectivity index (χ3v) is 2.86. The summed E-state index contributed by atoms with van der Waals surface area (Å²) in [6.07, 6.45) is 1.85. The summed E-state index contributed by atoms with van der Waals surface area (Å²) >= 11 is 0. The van der Waals surface area contributed by atoms with E-state index in [0.29, 0.717) is 17.7 Å². The van der Waals surface area contributed by atoms with Gasteiger partial charge in [0.05, 0.1) is 6.61 Å². The van der Waals surface area contributed by atoms with Crippen molar-refractivity contribution in [2.75, 3.05) is 13.7 Å². The summed E-state index contributed by atoms with van der Waals surface area (Å²) in [7, 11) is 1.54. The molecule has 1 unspecified atom stereocenters. The zero-order valence-electron chi connectivity index (χ0n) is 9.22. The molecule has 1 fully saturated rings. The Balaban J connectivity index is 2.33. The molecule has 2 rings (SSSR count). The molecule has 1 heterocycles. The third-order valence-electron chi connectivity index (χ3n) is 2.86. The highest BCUT2D eigenvalue weighted by molar-refractivity contribution is 5.29. The summed E-state index contributed by atoms with van der Waals surface area (Å²) in [6.45, 7) is 1.16. The van der Waals surface area contributed by atoms with Crippen molar-refractivity contribution in [3.63, 3.8) is 0 Å². The summed E-state index contributed by atoms with van der Waals surface area (Å²) in [4.78, 5) is 0. The maximum absolute atomic E-state index is 13.6. The molecule has 16 heavy (non-hydrogen) atoms. The predicted molar refractivity (Wildman–Crippen MR) is 57.0 cm³/mol. The molecule has 0 spiro atoms. The average molecular weight is 227 g/mol. The molecule has 0 radical (unpaired) electrons. The second-order valence-electron chi connectivity index (χ2n) is 4.06. The lowest BCUT2D eigenvalue weighted by Gasteiger charge is -2.14. The van der Waals surface area contributed by atoms with E-state index in [4.69, 9.17) is 4.74 Å². The first-order chi connectivity index (χ1) is 7.72. The van der Waals surface area contributed by atoms with Gasteiger partial charge in [0.1, 0.15) is 0 Å². The van der Waals surface area contributed by atoms with Crippen LogP contribution < -0.4 is 5.32 Å². The summed E-state index contributed by atoms with van der Waals surface area (Å²) < 4.78 is 31.9. The maximum Gasteiger partial charge on any atom is 0.163 e. The number of nitrogens with one attached hydrogen (secondary N) is 1. The van der Waals surface area contributed by atoms with Gasteiger partial charge in [-0.15, -0.1) is 0 Å². The van der Waals surface area contributed by atoms with Crippen molar-refractivity contribution in [3.8, 4) is 0 Å². The van der Waals surface area contributed by atoms with Gasteiger partial charge in [-0.1, -0.05) is 0 Å². The number of hydrogen-bond acceptors (Lipinski definition) is 2. The van der Waals surface area contributed by atoms with Gasteiger partial charge >= 0.3 is 0 Å². The minimum absolute atomic E-state index is 0.0636. The van der Waals surface area contributed by atoms with Crippen LogP contribution in [0, 0.1) is 11.6 Å². The Kier molecular flexibility index (Phi) is 3.51. The van der Waals surface area contributed by atoms with Crippen LogP contribution in [0.1, 0.15) is 30.0 Å². The first-order valence-electron chi connectivity index (χ1n) is 5.42. The first kappa shape index (κ1) is 11.5. The van der Waals surface area contributed by atoms with E-state index in [-0.39, 0.29) is 6.04 Å². The van der Waals surface area contributed by atoms with Gasteiger partial charge in [0.2, 0.25) is 0 Å². The van der Waals surface area contributed by atoms with Crippen molar-refractivity contribution in [1.82, 2.24) is 5.32 Å². The van der Waals surface area contributed by atoms with Crippen LogP contribution in [0.15, 0.2) is 12.1 Å². The van der Waals surface area contributed by atoms with E-state index in [1.807, 2.05) is 0 Å². The lowest BCUT2D eigenvalue weighted by molar-refractivity contribution is 0.184. The second kappa shape index (κ2) is 4.89. The Morgan fingerprint density at radius 2 is 2.25 bits per heavy atom. The maximum atomic E-state index is 13.6. The molecule has 0 aromatic heterocycles. The van der Waals surface area contributed by atoms with Gasteiger partial charge in [0.15, 0.2) is 11.6 Å². The topological polar surface area (TPSA) is 21.3 Å². The van der Waals surface area contributed by atoms with Gasteiger partial charge in [0, 0.05) is 18.7 Å². The molecule has 0 saturated carbocycles. The Morgan fingerprint density at radius 3 is 2.88 bits per heavy atom. The fourth-order valence-electron chi connectivity index (χ4n) is 2.12. The third kappa shape index (κ3) is 2.23. The SMILES string of the molecule is COCc1cc(F)c(F)c(C2CCCN2)c1. The average Bonchev–Trinajstić information content (AvgIpc) is 2.76. The van der Waals surface area contributed by atoms with E-state index in [1.54, 1.807) is 6.07 Å². The van der Waals surface area contributed by atoms with Crippen LogP contribution in [0.4, 0.5) is 8.78 Å². The molecular formula is C12H15F2NO. The first-order valence-corrected chi connectivity index (χ1v) is 5.42. The van der Waals surface area contributed by atoms with Gasteiger partial charge in [-0.25, -0.2) is 8.78 Å². The van der Waals surface area contributed by atoms with Gasteiger partial charge in [-0.05, 0) is 37.1 Å². The number of benzene rings is 1. The zero-order chi connectivity index (χ0) is 11.5. The molecule has 2 nitrogen and oxygen atoms in total. The minimum Gasteiger partial charge on any atom is -0.380 e. The lowest BCUT2D eigenvalue weighted by Crippen LogP contribution is -2.15. The molecule has 88 valence electrons. The van der Waals surface area contributed by atoms with Crippen LogP contribution in [-0.4, -0.2) is 13.7 Å². The van der Waals surface area contributed by atoms with E-state index in [2.05, 4.69) is 5.32 Å².